The fourth-order valence-corrected chi connectivity index (χ4v) is 6.20. The molecule has 3 aromatic rings. The number of pyridine rings is 1. The Kier molecular flexibility index (Phi) is 6.53. The Morgan fingerprint density at radius 2 is 1.84 bits per heavy atom. The molecule has 1 amide bonds. The van der Waals surface area contributed by atoms with Crippen LogP contribution in [-0.2, 0) is 30.4 Å². The number of aliphatic imine (C=N–C) groups is 1. The second-order valence-electron chi connectivity index (χ2n) is 9.38. The number of amides is 1. The number of carbonyl (C=O) groups is 1. The molecule has 1 aromatic heterocycles. The van der Waals surface area contributed by atoms with E-state index in [0.717, 1.165) is 0 Å². The summed E-state index contributed by atoms with van der Waals surface area (Å²) in [5, 5.41) is 10.3. The number of aliphatic hydroxyl groups is 1. The molecule has 3 aliphatic heterocycles. The molecule has 2 fully saturated rings. The van der Waals surface area contributed by atoms with Gasteiger partial charge in [-0.1, -0.05) is 41.9 Å². The van der Waals surface area contributed by atoms with E-state index in [4.69, 9.17) is 30.8 Å². The molecule has 1 N–H and O–H groups in total. The van der Waals surface area contributed by atoms with E-state index in [0.29, 0.717) is 57.0 Å². The average molecular weight is 554 g/mol. The van der Waals surface area contributed by atoms with Crippen molar-refractivity contribution in [2.24, 2.45) is 9.36 Å². The van der Waals surface area contributed by atoms with E-state index >= 15 is 0 Å². The first-order chi connectivity index (χ1) is 18.3. The molecular formula is C27H24ClN3O6S. The second-order valence-corrected chi connectivity index (χ2v) is 12.0. The number of halogens is 1. The summed E-state index contributed by atoms with van der Waals surface area (Å²) in [6.07, 6.45) is 0.124. The lowest BCUT2D eigenvalue weighted by Gasteiger charge is -2.17. The molecule has 4 heterocycles. The largest absolute Gasteiger partial charge is 0.472 e. The topological polar surface area (TPSA) is 120 Å². The molecule has 6 rings (SSSR count). The van der Waals surface area contributed by atoms with Gasteiger partial charge in [0.25, 0.3) is 5.91 Å². The lowest BCUT2D eigenvalue weighted by atomic mass is 10.1. The van der Waals surface area contributed by atoms with E-state index < -0.39 is 21.7 Å². The highest BCUT2D eigenvalue weighted by molar-refractivity contribution is 7.93. The fourth-order valence-electron chi connectivity index (χ4n) is 4.76. The van der Waals surface area contributed by atoms with Crippen LogP contribution >= 0.6 is 11.6 Å². The zero-order valence-corrected chi connectivity index (χ0v) is 21.9. The van der Waals surface area contributed by atoms with Crippen LogP contribution in [0.25, 0.3) is 11.3 Å². The molecule has 11 heteroatoms. The number of aromatic nitrogens is 1. The molecule has 5 atom stereocenters. The van der Waals surface area contributed by atoms with E-state index in [2.05, 4.69) is 9.36 Å². The number of carbonyl (C=O) groups excluding carboxylic acids is 1. The summed E-state index contributed by atoms with van der Waals surface area (Å²) >= 11 is 6.54. The van der Waals surface area contributed by atoms with Gasteiger partial charge in [0.15, 0.2) is 12.0 Å². The molecule has 0 spiro atoms. The lowest BCUT2D eigenvalue weighted by Crippen LogP contribution is -2.34. The van der Waals surface area contributed by atoms with Crippen LogP contribution in [0.15, 0.2) is 74.9 Å². The SMILES string of the molecule is C[S@@](=O)(=NC(=O)c1ccc(-c2nc3c(cc2Cl)N=C(O[C@@H]2CO[C@H]4[C@@H]2OC[C@H]4O)C3)cc1)c1ccccc1. The number of rotatable bonds is 4. The summed E-state index contributed by atoms with van der Waals surface area (Å²) in [5.74, 6) is -0.0721. The minimum Gasteiger partial charge on any atom is -0.472 e. The highest BCUT2D eigenvalue weighted by Crippen LogP contribution is 2.36. The maximum absolute atomic E-state index is 13.0. The number of ether oxygens (including phenoxy) is 3. The molecular weight excluding hydrogens is 530 g/mol. The molecule has 0 unspecified atom stereocenters. The Bertz CT molecular complexity index is 1550. The molecule has 196 valence electrons. The standard InChI is InChI=1S/C27H24ClN3O6S/c1-38(34,17-5-3-2-4-6-17)31-27(33)16-9-7-15(8-10-16)24-18(28)11-19-20(30-24)12-23(29-19)37-22-14-36-25-21(32)13-35-26(22)25/h2-11,21-22,25-26,32H,12-14H2,1H3/t21-,22-,25-,26-,38+/m1/s1. The van der Waals surface area contributed by atoms with Gasteiger partial charge in [0.2, 0.25) is 0 Å². The normalized spacial score (nSPS) is 25.3. The monoisotopic (exact) mass is 553 g/mol. The van der Waals surface area contributed by atoms with Gasteiger partial charge in [0.1, 0.15) is 18.3 Å². The van der Waals surface area contributed by atoms with Gasteiger partial charge in [0, 0.05) is 22.3 Å². The molecule has 3 aliphatic rings. The third kappa shape index (κ3) is 4.74. The fraction of sp³-hybridized carbons (Fsp3) is 0.296. The zero-order valence-electron chi connectivity index (χ0n) is 20.3. The highest BCUT2D eigenvalue weighted by Gasteiger charge is 2.49. The third-order valence-corrected chi connectivity index (χ3v) is 8.66. The van der Waals surface area contributed by atoms with Gasteiger partial charge in [-0.2, -0.15) is 4.36 Å². The Hall–Kier alpha value is -3.15. The number of benzene rings is 2. The van der Waals surface area contributed by atoms with Gasteiger partial charge in [-0.15, -0.1) is 0 Å². The van der Waals surface area contributed by atoms with E-state index in [-0.39, 0.29) is 24.9 Å². The number of hydrogen-bond donors (Lipinski definition) is 1. The van der Waals surface area contributed by atoms with E-state index in [1.807, 2.05) is 6.07 Å². The number of nitrogens with zero attached hydrogens (tertiary/aromatic N) is 3. The number of fused-ring (bicyclic) bond motifs is 2. The zero-order chi connectivity index (χ0) is 26.4. The van der Waals surface area contributed by atoms with E-state index in [1.54, 1.807) is 54.6 Å². The summed E-state index contributed by atoms with van der Waals surface area (Å²) in [4.78, 5) is 22.5. The maximum Gasteiger partial charge on any atom is 0.285 e. The van der Waals surface area contributed by atoms with Crippen molar-refractivity contribution in [3.63, 3.8) is 0 Å². The Morgan fingerprint density at radius 1 is 1.11 bits per heavy atom. The van der Waals surface area contributed by atoms with Crippen LogP contribution in [0.1, 0.15) is 16.1 Å². The molecule has 0 saturated carbocycles. The number of aliphatic hydroxyl groups excluding tert-OH is 1. The van der Waals surface area contributed by atoms with Crippen molar-refractivity contribution >= 4 is 38.8 Å². The molecule has 0 bridgehead atoms. The van der Waals surface area contributed by atoms with Crippen molar-refractivity contribution in [3.8, 4) is 11.3 Å². The van der Waals surface area contributed by atoms with Crippen LogP contribution in [0.2, 0.25) is 5.02 Å². The van der Waals surface area contributed by atoms with Crippen LogP contribution in [-0.4, -0.2) is 70.0 Å². The van der Waals surface area contributed by atoms with Gasteiger partial charge >= 0.3 is 0 Å². The summed E-state index contributed by atoms with van der Waals surface area (Å²) < 4.78 is 34.2. The van der Waals surface area contributed by atoms with E-state index in [1.165, 1.54) is 6.26 Å². The first-order valence-electron chi connectivity index (χ1n) is 12.1. The lowest BCUT2D eigenvalue weighted by molar-refractivity contribution is 0.00558. The van der Waals surface area contributed by atoms with Crippen molar-refractivity contribution in [2.45, 2.75) is 35.7 Å². The number of hydrogen-bond acceptors (Lipinski definition) is 8. The predicted molar refractivity (Wildman–Crippen MR) is 141 cm³/mol. The van der Waals surface area contributed by atoms with Crippen molar-refractivity contribution < 1.29 is 28.3 Å². The second kappa shape index (κ2) is 9.87. The maximum atomic E-state index is 13.0. The van der Waals surface area contributed by atoms with Gasteiger partial charge in [-0.3, -0.25) is 4.79 Å². The molecule has 9 nitrogen and oxygen atoms in total. The van der Waals surface area contributed by atoms with Crippen LogP contribution in [0, 0.1) is 0 Å². The van der Waals surface area contributed by atoms with Crippen molar-refractivity contribution in [1.82, 2.24) is 4.98 Å². The molecule has 0 radical (unpaired) electrons. The minimum atomic E-state index is -2.87. The summed E-state index contributed by atoms with van der Waals surface area (Å²) in [5.41, 5.74) is 2.91. The van der Waals surface area contributed by atoms with E-state index in [9.17, 15) is 14.1 Å². The Labute approximate surface area is 224 Å². The van der Waals surface area contributed by atoms with Crippen molar-refractivity contribution in [3.05, 3.63) is 76.9 Å². The summed E-state index contributed by atoms with van der Waals surface area (Å²) in [7, 11) is -2.87. The third-order valence-electron chi connectivity index (χ3n) is 6.71. The van der Waals surface area contributed by atoms with Gasteiger partial charge in [-0.05, 0) is 30.3 Å². The molecule has 2 aromatic carbocycles. The van der Waals surface area contributed by atoms with Crippen LogP contribution < -0.4 is 0 Å². The van der Waals surface area contributed by atoms with Gasteiger partial charge in [-0.25, -0.2) is 14.2 Å². The average Bonchev–Trinajstić information content (AvgIpc) is 3.60. The first kappa shape index (κ1) is 25.1. The molecule has 2 saturated heterocycles. The van der Waals surface area contributed by atoms with Crippen molar-refractivity contribution in [1.29, 1.82) is 0 Å². The van der Waals surface area contributed by atoms with Gasteiger partial charge < -0.3 is 19.3 Å². The molecule has 38 heavy (non-hydrogen) atoms. The van der Waals surface area contributed by atoms with Gasteiger partial charge in [0.05, 0.1) is 51.5 Å². The smallest absolute Gasteiger partial charge is 0.285 e. The Morgan fingerprint density at radius 3 is 2.61 bits per heavy atom. The quantitative estimate of drug-likeness (QED) is 0.521. The minimum absolute atomic E-state index is 0.227. The Balaban J connectivity index is 1.17. The first-order valence-corrected chi connectivity index (χ1v) is 14.4. The van der Waals surface area contributed by atoms with Crippen LogP contribution in [0.4, 0.5) is 5.69 Å². The molecule has 0 aliphatic carbocycles. The summed E-state index contributed by atoms with van der Waals surface area (Å²) in [6.45, 7) is 0.544. The van der Waals surface area contributed by atoms with Crippen molar-refractivity contribution in [2.75, 3.05) is 19.5 Å². The predicted octanol–water partition coefficient (Wildman–Crippen LogP) is 3.83. The summed E-state index contributed by atoms with van der Waals surface area (Å²) in [6, 6.07) is 17.1. The van der Waals surface area contributed by atoms with Crippen LogP contribution in [0.5, 0.6) is 0 Å². The highest BCUT2D eigenvalue weighted by atomic mass is 35.5. The van der Waals surface area contributed by atoms with Crippen LogP contribution in [0.3, 0.4) is 0 Å².